The third-order valence-corrected chi connectivity index (χ3v) is 2.67. The smallest absolute Gasteiger partial charge is 0.341 e. The zero-order valence-corrected chi connectivity index (χ0v) is 11.4. The van der Waals surface area contributed by atoms with Crippen LogP contribution in [0.15, 0.2) is 42.6 Å². The average Bonchev–Trinajstić information content (AvgIpc) is 2.52. The average molecular weight is 300 g/mol. The number of ether oxygens (including phenoxy) is 1. The van der Waals surface area contributed by atoms with Crippen LogP contribution in [-0.4, -0.2) is 27.6 Å². The third kappa shape index (κ3) is 4.41. The maximum atomic E-state index is 10.5. The summed E-state index contributed by atoms with van der Waals surface area (Å²) in [5.74, 6) is -0.568. The summed E-state index contributed by atoms with van der Waals surface area (Å²) >= 11 is 0. The van der Waals surface area contributed by atoms with Gasteiger partial charge in [-0.25, -0.2) is 9.78 Å². The van der Waals surface area contributed by atoms with Crippen LogP contribution in [0.4, 0.5) is 5.69 Å². The Balaban J connectivity index is 2.00. The molecule has 1 heterocycles. The maximum Gasteiger partial charge on any atom is 0.341 e. The van der Waals surface area contributed by atoms with Gasteiger partial charge in [-0.1, -0.05) is 18.2 Å². The van der Waals surface area contributed by atoms with Gasteiger partial charge in [-0.05, 0) is 29.8 Å². The van der Waals surface area contributed by atoms with Crippen molar-refractivity contribution in [3.63, 3.8) is 0 Å². The normalized spacial score (nSPS) is 10.5. The molecule has 0 amide bonds. The van der Waals surface area contributed by atoms with Gasteiger partial charge in [-0.3, -0.25) is 10.1 Å². The predicted octanol–water partition coefficient (Wildman–Crippen LogP) is 2.62. The van der Waals surface area contributed by atoms with Gasteiger partial charge in [0.2, 0.25) is 0 Å². The van der Waals surface area contributed by atoms with E-state index in [0.717, 1.165) is 5.56 Å². The molecule has 1 aromatic heterocycles. The fourth-order valence-electron chi connectivity index (χ4n) is 1.61. The number of hydrogen-bond acceptors (Lipinski definition) is 5. The Morgan fingerprint density at radius 1 is 1.23 bits per heavy atom. The minimum atomic E-state index is -1.03. The van der Waals surface area contributed by atoms with Crippen molar-refractivity contribution in [3.8, 4) is 5.75 Å². The van der Waals surface area contributed by atoms with E-state index in [1.54, 1.807) is 42.5 Å². The number of nitro groups is 1. The summed E-state index contributed by atoms with van der Waals surface area (Å²) in [6, 6.07) is 9.78. The molecule has 0 saturated carbocycles. The van der Waals surface area contributed by atoms with Crippen LogP contribution in [0, 0.1) is 10.1 Å². The van der Waals surface area contributed by atoms with E-state index in [1.807, 2.05) is 0 Å². The Bertz CT molecular complexity index is 693. The summed E-state index contributed by atoms with van der Waals surface area (Å²) in [6.45, 7) is -0.387. The number of hydrogen-bond donors (Lipinski definition) is 1. The standard InChI is InChI=1S/C15H12N2O5/c18-15(19)10-22-14-7-2-11(3-8-14)1-4-12-5-6-13(9-16-12)17(20)21/h1-9H,10H2,(H,18,19). The molecule has 0 saturated heterocycles. The molecule has 112 valence electrons. The molecular formula is C15H12N2O5. The van der Waals surface area contributed by atoms with E-state index in [9.17, 15) is 14.9 Å². The molecule has 0 fully saturated rings. The molecule has 7 nitrogen and oxygen atoms in total. The van der Waals surface area contributed by atoms with Gasteiger partial charge >= 0.3 is 5.97 Å². The number of rotatable bonds is 6. The van der Waals surface area contributed by atoms with Crippen LogP contribution in [0.3, 0.4) is 0 Å². The van der Waals surface area contributed by atoms with Crippen molar-refractivity contribution in [2.45, 2.75) is 0 Å². The minimum Gasteiger partial charge on any atom is -0.482 e. The van der Waals surface area contributed by atoms with Crippen molar-refractivity contribution in [2.75, 3.05) is 6.61 Å². The van der Waals surface area contributed by atoms with E-state index in [-0.39, 0.29) is 12.3 Å². The van der Waals surface area contributed by atoms with E-state index in [2.05, 4.69) is 4.98 Å². The van der Waals surface area contributed by atoms with Crippen molar-refractivity contribution < 1.29 is 19.6 Å². The first-order valence-electron chi connectivity index (χ1n) is 6.28. The predicted molar refractivity (Wildman–Crippen MR) is 79.4 cm³/mol. The number of nitrogens with zero attached hydrogens (tertiary/aromatic N) is 2. The Kier molecular flexibility index (Phi) is 4.81. The van der Waals surface area contributed by atoms with Crippen LogP contribution in [0.1, 0.15) is 11.3 Å². The zero-order chi connectivity index (χ0) is 15.9. The van der Waals surface area contributed by atoms with Crippen LogP contribution < -0.4 is 4.74 Å². The van der Waals surface area contributed by atoms with E-state index in [4.69, 9.17) is 9.84 Å². The summed E-state index contributed by atoms with van der Waals surface area (Å²) in [6.07, 6.45) is 4.70. The molecule has 7 heteroatoms. The summed E-state index contributed by atoms with van der Waals surface area (Å²) < 4.78 is 5.02. The lowest BCUT2D eigenvalue weighted by atomic mass is 10.2. The minimum absolute atomic E-state index is 0.0583. The lowest BCUT2D eigenvalue weighted by Gasteiger charge is -2.02. The van der Waals surface area contributed by atoms with Crippen LogP contribution in [0.5, 0.6) is 5.75 Å². The van der Waals surface area contributed by atoms with Crippen LogP contribution in [-0.2, 0) is 4.79 Å². The van der Waals surface area contributed by atoms with E-state index in [1.165, 1.54) is 12.3 Å². The Morgan fingerprint density at radius 2 is 1.95 bits per heavy atom. The number of carbonyl (C=O) groups is 1. The lowest BCUT2D eigenvalue weighted by Crippen LogP contribution is -2.09. The number of benzene rings is 1. The fourth-order valence-corrected chi connectivity index (χ4v) is 1.61. The largest absolute Gasteiger partial charge is 0.482 e. The highest BCUT2D eigenvalue weighted by Gasteiger charge is 2.03. The van der Waals surface area contributed by atoms with Crippen molar-refractivity contribution in [1.82, 2.24) is 4.98 Å². The van der Waals surface area contributed by atoms with Crippen molar-refractivity contribution in [2.24, 2.45) is 0 Å². The highest BCUT2D eigenvalue weighted by molar-refractivity contribution is 5.69. The van der Waals surface area contributed by atoms with Gasteiger partial charge in [-0.15, -0.1) is 0 Å². The molecule has 0 aliphatic rings. The summed E-state index contributed by atoms with van der Waals surface area (Å²) in [5, 5.41) is 19.0. The summed E-state index contributed by atoms with van der Waals surface area (Å²) in [4.78, 5) is 24.4. The Morgan fingerprint density at radius 3 is 2.50 bits per heavy atom. The van der Waals surface area contributed by atoms with Gasteiger partial charge in [0.05, 0.1) is 10.6 Å². The van der Waals surface area contributed by atoms with Gasteiger partial charge in [-0.2, -0.15) is 0 Å². The van der Waals surface area contributed by atoms with Crippen molar-refractivity contribution >= 4 is 23.8 Å². The first-order valence-corrected chi connectivity index (χ1v) is 6.28. The molecule has 0 radical (unpaired) electrons. The molecule has 0 aliphatic heterocycles. The van der Waals surface area contributed by atoms with Gasteiger partial charge < -0.3 is 9.84 Å². The third-order valence-electron chi connectivity index (χ3n) is 2.67. The quantitative estimate of drug-likeness (QED) is 0.649. The molecule has 2 aromatic rings. The molecular weight excluding hydrogens is 288 g/mol. The van der Waals surface area contributed by atoms with E-state index < -0.39 is 10.9 Å². The highest BCUT2D eigenvalue weighted by atomic mass is 16.6. The molecule has 0 bridgehead atoms. The first-order chi connectivity index (χ1) is 10.5. The van der Waals surface area contributed by atoms with Gasteiger partial charge in [0, 0.05) is 6.07 Å². The number of carboxylic acid groups (broad SMARTS) is 1. The lowest BCUT2D eigenvalue weighted by molar-refractivity contribution is -0.385. The van der Waals surface area contributed by atoms with Crippen molar-refractivity contribution in [1.29, 1.82) is 0 Å². The fraction of sp³-hybridized carbons (Fsp3) is 0.0667. The molecule has 1 N–H and O–H groups in total. The topological polar surface area (TPSA) is 103 Å². The molecule has 0 aliphatic carbocycles. The second-order valence-corrected chi connectivity index (χ2v) is 4.28. The Labute approximate surface area is 125 Å². The summed E-state index contributed by atoms with van der Waals surface area (Å²) in [5.41, 5.74) is 1.40. The number of carboxylic acids is 1. The van der Waals surface area contributed by atoms with Crippen LogP contribution >= 0.6 is 0 Å². The zero-order valence-electron chi connectivity index (χ0n) is 11.4. The monoisotopic (exact) mass is 300 g/mol. The SMILES string of the molecule is O=C(O)COc1ccc(C=Cc2ccc([N+](=O)[O-])cn2)cc1. The van der Waals surface area contributed by atoms with Crippen molar-refractivity contribution in [3.05, 3.63) is 64.0 Å². The van der Waals surface area contributed by atoms with E-state index in [0.29, 0.717) is 11.4 Å². The second-order valence-electron chi connectivity index (χ2n) is 4.28. The second kappa shape index (κ2) is 6.98. The molecule has 1 aromatic carbocycles. The first kappa shape index (κ1) is 15.2. The van der Waals surface area contributed by atoms with Crippen LogP contribution in [0.2, 0.25) is 0 Å². The molecule has 22 heavy (non-hydrogen) atoms. The highest BCUT2D eigenvalue weighted by Crippen LogP contribution is 2.15. The molecule has 0 unspecified atom stereocenters. The molecule has 2 rings (SSSR count). The summed E-state index contributed by atoms with van der Waals surface area (Å²) in [7, 11) is 0. The molecule has 0 spiro atoms. The van der Waals surface area contributed by atoms with Gasteiger partial charge in [0.1, 0.15) is 11.9 Å². The van der Waals surface area contributed by atoms with Gasteiger partial charge in [0.25, 0.3) is 5.69 Å². The number of aromatic nitrogens is 1. The Hall–Kier alpha value is -3.22. The molecule has 0 atom stereocenters. The van der Waals surface area contributed by atoms with Crippen LogP contribution in [0.25, 0.3) is 12.2 Å². The van der Waals surface area contributed by atoms with Gasteiger partial charge in [0.15, 0.2) is 6.61 Å². The maximum absolute atomic E-state index is 10.5. The number of pyridine rings is 1. The number of aliphatic carboxylic acids is 1. The van der Waals surface area contributed by atoms with E-state index >= 15 is 0 Å².